The van der Waals surface area contributed by atoms with Crippen LogP contribution in [-0.4, -0.2) is 43.6 Å². The number of hydrogen-bond donors (Lipinski definition) is 2. The summed E-state index contributed by atoms with van der Waals surface area (Å²) in [5.41, 5.74) is -0.197. The lowest BCUT2D eigenvalue weighted by Crippen LogP contribution is -2.59. The number of pyridine rings is 1. The third-order valence-corrected chi connectivity index (χ3v) is 7.49. The van der Waals surface area contributed by atoms with Crippen LogP contribution in [0.4, 0.5) is 23.4 Å². The highest BCUT2D eigenvalue weighted by Crippen LogP contribution is 2.72. The first-order valence-electron chi connectivity index (χ1n) is 11.1. The van der Waals surface area contributed by atoms with Crippen LogP contribution in [0, 0.1) is 17.2 Å². The van der Waals surface area contributed by atoms with Crippen LogP contribution in [0.2, 0.25) is 0 Å². The lowest BCUT2D eigenvalue weighted by atomic mass is 9.71. The summed E-state index contributed by atoms with van der Waals surface area (Å²) >= 11 is 0. The smallest absolute Gasteiger partial charge is 0.374 e. The molecule has 3 aromatic rings. The molecule has 2 aromatic heterocycles. The van der Waals surface area contributed by atoms with Crippen molar-refractivity contribution in [3.63, 3.8) is 0 Å². The van der Waals surface area contributed by atoms with Gasteiger partial charge in [-0.05, 0) is 48.4 Å². The predicted molar refractivity (Wildman–Crippen MR) is 115 cm³/mol. The number of benzene rings is 1. The van der Waals surface area contributed by atoms with E-state index in [0.717, 1.165) is 25.1 Å². The van der Waals surface area contributed by atoms with Crippen molar-refractivity contribution < 1.29 is 22.7 Å². The largest absolute Gasteiger partial charge is 0.417 e. The number of aromatic nitrogens is 3. The van der Waals surface area contributed by atoms with E-state index in [1.165, 1.54) is 12.1 Å². The summed E-state index contributed by atoms with van der Waals surface area (Å²) in [7, 11) is 0. The number of alkyl halides is 3. The molecule has 3 fully saturated rings. The van der Waals surface area contributed by atoms with E-state index in [9.17, 15) is 18.3 Å². The maximum atomic E-state index is 15.0. The Morgan fingerprint density at radius 1 is 1.06 bits per heavy atom. The van der Waals surface area contributed by atoms with E-state index >= 15 is 4.39 Å². The second-order valence-corrected chi connectivity index (χ2v) is 9.31. The third-order valence-electron chi connectivity index (χ3n) is 7.49. The van der Waals surface area contributed by atoms with Crippen LogP contribution in [0.3, 0.4) is 0 Å². The summed E-state index contributed by atoms with van der Waals surface area (Å²) in [5.74, 6) is 0.539. The minimum atomic E-state index is -4.44. The van der Waals surface area contributed by atoms with Gasteiger partial charge in [0.25, 0.3) is 0 Å². The van der Waals surface area contributed by atoms with Crippen molar-refractivity contribution in [2.75, 3.05) is 11.9 Å². The number of hydrogen-bond acceptors (Lipinski definition) is 6. The second-order valence-electron chi connectivity index (χ2n) is 9.31. The molecule has 0 radical (unpaired) electrons. The number of piperidine rings is 1. The summed E-state index contributed by atoms with van der Waals surface area (Å²) in [6, 6.07) is 8.33. The minimum Gasteiger partial charge on any atom is -0.374 e. The molecule has 2 saturated carbocycles. The molecule has 6 nitrogen and oxygen atoms in total. The fourth-order valence-corrected chi connectivity index (χ4v) is 5.89. The Kier molecular flexibility index (Phi) is 4.69. The van der Waals surface area contributed by atoms with Crippen molar-refractivity contribution in [2.45, 2.75) is 37.3 Å². The maximum Gasteiger partial charge on any atom is 0.417 e. The summed E-state index contributed by atoms with van der Waals surface area (Å²) in [6.45, 7) is 0.619. The topological polar surface area (TPSA) is 74.2 Å². The molecule has 34 heavy (non-hydrogen) atoms. The highest BCUT2D eigenvalue weighted by atomic mass is 19.4. The Morgan fingerprint density at radius 2 is 1.85 bits per heavy atom. The number of aliphatic hydroxyl groups excluding tert-OH is 1. The van der Waals surface area contributed by atoms with Crippen LogP contribution >= 0.6 is 0 Å². The maximum absolute atomic E-state index is 15.0. The van der Waals surface area contributed by atoms with E-state index in [0.29, 0.717) is 29.7 Å². The van der Waals surface area contributed by atoms with Crippen molar-refractivity contribution in [1.82, 2.24) is 19.9 Å². The molecule has 0 bridgehead atoms. The predicted octanol–water partition coefficient (Wildman–Crippen LogP) is 4.26. The average molecular weight is 471 g/mol. The van der Waals surface area contributed by atoms with Crippen LogP contribution in [0.25, 0.3) is 11.4 Å². The van der Waals surface area contributed by atoms with E-state index in [-0.39, 0.29) is 23.1 Å². The molecule has 176 valence electrons. The van der Waals surface area contributed by atoms with Gasteiger partial charge < -0.3 is 10.4 Å². The van der Waals surface area contributed by atoms with Gasteiger partial charge >= 0.3 is 6.18 Å². The van der Waals surface area contributed by atoms with Gasteiger partial charge in [0.15, 0.2) is 5.82 Å². The average Bonchev–Trinajstić information content (AvgIpc) is 3.47. The number of rotatable bonds is 5. The Bertz CT molecular complexity index is 1220. The molecule has 3 heterocycles. The van der Waals surface area contributed by atoms with Gasteiger partial charge in [0.2, 0.25) is 0 Å². The molecule has 3 aliphatic rings. The van der Waals surface area contributed by atoms with Gasteiger partial charge in [-0.25, -0.2) is 19.3 Å². The monoisotopic (exact) mass is 471 g/mol. The number of likely N-dealkylation sites (tertiary alicyclic amines) is 1. The van der Waals surface area contributed by atoms with Crippen LogP contribution in [0.5, 0.6) is 0 Å². The lowest BCUT2D eigenvalue weighted by molar-refractivity contribution is -0.137. The van der Waals surface area contributed by atoms with E-state index in [1.807, 2.05) is 4.90 Å². The highest BCUT2D eigenvalue weighted by Gasteiger charge is 2.74. The Hall–Kier alpha value is -3.11. The van der Waals surface area contributed by atoms with Crippen molar-refractivity contribution in [1.29, 1.82) is 0 Å². The van der Waals surface area contributed by atoms with E-state index in [2.05, 4.69) is 20.3 Å². The Labute approximate surface area is 192 Å². The zero-order valence-electron chi connectivity index (χ0n) is 17.9. The molecule has 5 atom stereocenters. The third kappa shape index (κ3) is 3.27. The van der Waals surface area contributed by atoms with Crippen LogP contribution in [-0.2, 0) is 6.18 Å². The summed E-state index contributed by atoms with van der Waals surface area (Å²) in [6.07, 6.45) is 0.146. The van der Waals surface area contributed by atoms with Gasteiger partial charge in [0.1, 0.15) is 17.9 Å². The highest BCUT2D eigenvalue weighted by molar-refractivity contribution is 5.61. The van der Waals surface area contributed by atoms with E-state index < -0.39 is 23.8 Å². The number of nitrogens with one attached hydrogen (secondary N) is 1. The molecule has 5 unspecified atom stereocenters. The van der Waals surface area contributed by atoms with Crippen LogP contribution < -0.4 is 5.32 Å². The molecular formula is C24H21F4N5O. The molecule has 10 heteroatoms. The van der Waals surface area contributed by atoms with Crippen LogP contribution in [0.1, 0.15) is 30.2 Å². The van der Waals surface area contributed by atoms with Crippen LogP contribution in [0.15, 0.2) is 55.0 Å². The van der Waals surface area contributed by atoms with Crippen molar-refractivity contribution in [3.8, 4) is 11.4 Å². The van der Waals surface area contributed by atoms with Crippen molar-refractivity contribution in [2.24, 2.45) is 11.3 Å². The van der Waals surface area contributed by atoms with Gasteiger partial charge in [-0.2, -0.15) is 13.2 Å². The van der Waals surface area contributed by atoms with E-state index in [4.69, 9.17) is 0 Å². The van der Waals surface area contributed by atoms with Crippen molar-refractivity contribution in [3.05, 3.63) is 71.9 Å². The molecule has 0 amide bonds. The number of nitrogens with zero attached hydrogens (tertiary/aromatic N) is 4. The summed E-state index contributed by atoms with van der Waals surface area (Å²) < 4.78 is 53.5. The van der Waals surface area contributed by atoms with E-state index in [1.54, 1.807) is 30.6 Å². The molecule has 1 aromatic carbocycles. The first-order valence-corrected chi connectivity index (χ1v) is 11.1. The first-order chi connectivity index (χ1) is 16.3. The second kappa shape index (κ2) is 7.44. The molecule has 1 spiro atoms. The quantitative estimate of drug-likeness (QED) is 0.542. The fraction of sp³-hybridized carbons (Fsp3) is 0.375. The molecule has 6 rings (SSSR count). The minimum absolute atomic E-state index is 0.0548. The SMILES string of the molecule is OC(c1c(F)cccc1-c1ncccn1)N1CC2CC23CC(Nc2ccc(C(F)(F)F)cn2)C13. The molecule has 2 N–H and O–H groups in total. The summed E-state index contributed by atoms with van der Waals surface area (Å²) in [5, 5.41) is 14.6. The van der Waals surface area contributed by atoms with Gasteiger partial charge in [-0.3, -0.25) is 4.90 Å². The molecule has 1 saturated heterocycles. The molecular weight excluding hydrogens is 450 g/mol. The standard InChI is InChI=1S/C24H21F4N5O/c25-16-4-1-3-15(21-29-7-2-8-30-21)19(16)22(34)33-12-14-9-23(14)10-17(20(23)33)32-18-6-5-13(11-31-18)24(26,27)28/h1-8,11,14,17,20,22,34H,9-10,12H2,(H,31,32). The Morgan fingerprint density at radius 3 is 2.56 bits per heavy atom. The van der Waals surface area contributed by atoms with Crippen molar-refractivity contribution >= 4 is 5.82 Å². The zero-order chi connectivity index (χ0) is 23.7. The first kappa shape index (κ1) is 21.4. The number of anilines is 1. The normalized spacial score (nSPS) is 28.6. The summed E-state index contributed by atoms with van der Waals surface area (Å²) in [4.78, 5) is 14.3. The van der Waals surface area contributed by atoms with Gasteiger partial charge in [0.05, 0.1) is 5.56 Å². The Balaban J connectivity index is 1.27. The van der Waals surface area contributed by atoms with Gasteiger partial charge in [-0.1, -0.05) is 12.1 Å². The number of halogens is 4. The van der Waals surface area contributed by atoms with Gasteiger partial charge in [0, 0.05) is 48.3 Å². The lowest BCUT2D eigenvalue weighted by Gasteiger charge is -2.49. The molecule has 1 aliphatic heterocycles. The number of aliphatic hydroxyl groups is 1. The zero-order valence-corrected chi connectivity index (χ0v) is 17.9. The molecule has 2 aliphatic carbocycles. The fourth-order valence-electron chi connectivity index (χ4n) is 5.89. The van der Waals surface area contributed by atoms with Gasteiger partial charge in [-0.15, -0.1) is 0 Å².